The molecule has 0 radical (unpaired) electrons. The normalized spacial score (nSPS) is 10.6. The van der Waals surface area contributed by atoms with Crippen LogP contribution in [0.3, 0.4) is 0 Å². The fraction of sp³-hybridized carbons (Fsp3) is 0.316. The van der Waals surface area contributed by atoms with E-state index in [2.05, 4.69) is 67.4 Å². The van der Waals surface area contributed by atoms with Crippen molar-refractivity contribution >= 4 is 23.0 Å². The molecule has 0 spiro atoms. The summed E-state index contributed by atoms with van der Waals surface area (Å²) in [7, 11) is 2.01. The molecule has 0 heterocycles. The molecule has 0 aliphatic rings. The first-order chi connectivity index (χ1) is 10.5. The molecule has 0 amide bonds. The number of rotatable bonds is 4. The molecule has 0 saturated carbocycles. The van der Waals surface area contributed by atoms with Gasteiger partial charge < -0.3 is 10.2 Å². The number of nitrogens with one attached hydrogen (secondary N) is 1. The molecule has 2 nitrogen and oxygen atoms in total. The largest absolute Gasteiger partial charge is 0.348 e. The quantitative estimate of drug-likeness (QED) is 0.804. The summed E-state index contributed by atoms with van der Waals surface area (Å²) < 4.78 is 0. The van der Waals surface area contributed by atoms with Crippen molar-refractivity contribution in [1.82, 2.24) is 4.90 Å². The minimum atomic E-state index is 0.566. The van der Waals surface area contributed by atoms with Crippen LogP contribution in [0, 0.1) is 6.92 Å². The fourth-order valence-electron chi connectivity index (χ4n) is 2.21. The van der Waals surface area contributed by atoms with Gasteiger partial charge in [0.25, 0.3) is 0 Å². The van der Waals surface area contributed by atoms with Crippen molar-refractivity contribution in [1.29, 1.82) is 0 Å². The lowest BCUT2D eigenvalue weighted by atomic mass is 10.0. The van der Waals surface area contributed by atoms with Crippen LogP contribution in [0.1, 0.15) is 36.5 Å². The first kappa shape index (κ1) is 16.5. The van der Waals surface area contributed by atoms with Crippen LogP contribution in [0.15, 0.2) is 48.5 Å². The molecule has 0 unspecified atom stereocenters. The van der Waals surface area contributed by atoms with Crippen molar-refractivity contribution in [3.63, 3.8) is 0 Å². The number of nitrogens with zero attached hydrogens (tertiary/aromatic N) is 1. The highest BCUT2D eigenvalue weighted by Gasteiger charge is 2.06. The third-order valence-corrected chi connectivity index (χ3v) is 4.13. The Kier molecular flexibility index (Phi) is 5.56. The number of hydrogen-bond acceptors (Lipinski definition) is 1. The lowest BCUT2D eigenvalue weighted by Crippen LogP contribution is -2.30. The number of aryl methyl sites for hydroxylation is 1. The molecule has 1 N–H and O–H groups in total. The molecule has 0 atom stereocenters. The highest BCUT2D eigenvalue weighted by Crippen LogP contribution is 2.16. The molecule has 0 aliphatic heterocycles. The third-order valence-electron chi connectivity index (χ3n) is 3.72. The summed E-state index contributed by atoms with van der Waals surface area (Å²) in [6.07, 6.45) is 0. The van der Waals surface area contributed by atoms with E-state index in [1.165, 1.54) is 16.7 Å². The van der Waals surface area contributed by atoms with Gasteiger partial charge in [-0.05, 0) is 48.3 Å². The van der Waals surface area contributed by atoms with Gasteiger partial charge in [0.05, 0.1) is 0 Å². The van der Waals surface area contributed by atoms with Crippen LogP contribution in [-0.4, -0.2) is 17.1 Å². The maximum atomic E-state index is 5.47. The Bertz CT molecular complexity index is 615. The van der Waals surface area contributed by atoms with Crippen molar-refractivity contribution in [3.8, 4) is 0 Å². The Morgan fingerprint density at radius 1 is 1.05 bits per heavy atom. The molecule has 116 valence electrons. The molecule has 0 fully saturated rings. The minimum absolute atomic E-state index is 0.566. The summed E-state index contributed by atoms with van der Waals surface area (Å²) in [6.45, 7) is 7.30. The van der Waals surface area contributed by atoms with Crippen molar-refractivity contribution < 1.29 is 0 Å². The summed E-state index contributed by atoms with van der Waals surface area (Å²) >= 11 is 5.47. The molecule has 0 bridgehead atoms. The summed E-state index contributed by atoms with van der Waals surface area (Å²) in [4.78, 5) is 2.06. The molecule has 0 saturated heterocycles. The summed E-state index contributed by atoms with van der Waals surface area (Å²) in [5.74, 6) is 0.566. The lowest BCUT2D eigenvalue weighted by Gasteiger charge is -2.21. The Balaban J connectivity index is 1.94. The van der Waals surface area contributed by atoms with Crippen molar-refractivity contribution in [3.05, 3.63) is 65.2 Å². The van der Waals surface area contributed by atoms with Crippen LogP contribution >= 0.6 is 12.2 Å². The van der Waals surface area contributed by atoms with E-state index >= 15 is 0 Å². The molecule has 2 aromatic carbocycles. The number of benzene rings is 2. The zero-order valence-electron chi connectivity index (χ0n) is 13.8. The summed E-state index contributed by atoms with van der Waals surface area (Å²) in [5, 5.41) is 4.01. The van der Waals surface area contributed by atoms with Gasteiger partial charge in [0.15, 0.2) is 5.11 Å². The topological polar surface area (TPSA) is 15.3 Å². The van der Waals surface area contributed by atoms with E-state index in [9.17, 15) is 0 Å². The predicted octanol–water partition coefficient (Wildman–Crippen LogP) is 4.95. The fourth-order valence-corrected chi connectivity index (χ4v) is 2.39. The average Bonchev–Trinajstić information content (AvgIpc) is 2.50. The maximum Gasteiger partial charge on any atom is 0.173 e. The molecule has 3 heteroatoms. The number of thiocarbonyl (C=S) groups is 1. The van der Waals surface area contributed by atoms with Gasteiger partial charge in [-0.25, -0.2) is 0 Å². The highest BCUT2D eigenvalue weighted by molar-refractivity contribution is 7.80. The molecule has 22 heavy (non-hydrogen) atoms. The monoisotopic (exact) mass is 312 g/mol. The molecule has 2 rings (SSSR count). The SMILES string of the molecule is Cc1ccc(NC(=S)N(C)Cc2ccc(C(C)C)cc2)cc1. The van der Waals surface area contributed by atoms with Gasteiger partial charge in [-0.3, -0.25) is 0 Å². The van der Waals surface area contributed by atoms with Crippen molar-refractivity contribution in [2.24, 2.45) is 0 Å². The molecule has 0 aliphatic carbocycles. The second-order valence-corrected chi connectivity index (χ2v) is 6.44. The van der Waals surface area contributed by atoms with Gasteiger partial charge in [-0.2, -0.15) is 0 Å². The first-order valence-corrected chi connectivity index (χ1v) is 8.04. The van der Waals surface area contributed by atoms with E-state index < -0.39 is 0 Å². The van der Waals surface area contributed by atoms with Crippen LogP contribution in [0.25, 0.3) is 0 Å². The number of anilines is 1. The van der Waals surface area contributed by atoms with Gasteiger partial charge in [0.1, 0.15) is 0 Å². The second kappa shape index (κ2) is 7.41. The van der Waals surface area contributed by atoms with Crippen LogP contribution in [-0.2, 0) is 6.54 Å². The van der Waals surface area contributed by atoms with E-state index in [0.29, 0.717) is 5.92 Å². The smallest absolute Gasteiger partial charge is 0.173 e. The molecule has 2 aromatic rings. The zero-order valence-corrected chi connectivity index (χ0v) is 14.6. The van der Waals surface area contributed by atoms with Crippen LogP contribution in [0.2, 0.25) is 0 Å². The average molecular weight is 312 g/mol. The van der Waals surface area contributed by atoms with Gasteiger partial charge >= 0.3 is 0 Å². The van der Waals surface area contributed by atoms with E-state index in [1.54, 1.807) is 0 Å². The lowest BCUT2D eigenvalue weighted by molar-refractivity contribution is 0.508. The van der Waals surface area contributed by atoms with E-state index in [4.69, 9.17) is 12.2 Å². The van der Waals surface area contributed by atoms with E-state index in [0.717, 1.165) is 17.3 Å². The number of hydrogen-bond donors (Lipinski definition) is 1. The zero-order chi connectivity index (χ0) is 16.1. The Morgan fingerprint density at radius 3 is 2.18 bits per heavy atom. The van der Waals surface area contributed by atoms with Crippen molar-refractivity contribution in [2.45, 2.75) is 33.2 Å². The Morgan fingerprint density at radius 2 is 1.64 bits per heavy atom. The van der Waals surface area contributed by atoms with Crippen molar-refractivity contribution in [2.75, 3.05) is 12.4 Å². The standard InChI is InChI=1S/C19H24N2S/c1-14(2)17-9-7-16(8-10-17)13-21(4)19(22)20-18-11-5-15(3)6-12-18/h5-12,14H,13H2,1-4H3,(H,20,22). The van der Waals surface area contributed by atoms with Gasteiger partial charge in [-0.1, -0.05) is 55.8 Å². The Hall–Kier alpha value is -1.87. The van der Waals surface area contributed by atoms with Gasteiger partial charge in [0.2, 0.25) is 0 Å². The first-order valence-electron chi connectivity index (χ1n) is 7.63. The van der Waals surface area contributed by atoms with Crippen LogP contribution < -0.4 is 5.32 Å². The van der Waals surface area contributed by atoms with Crippen LogP contribution in [0.4, 0.5) is 5.69 Å². The summed E-state index contributed by atoms with van der Waals surface area (Å²) in [5.41, 5.74) is 4.90. The second-order valence-electron chi connectivity index (χ2n) is 6.05. The van der Waals surface area contributed by atoms with E-state index in [1.807, 2.05) is 19.2 Å². The maximum absolute atomic E-state index is 5.47. The van der Waals surface area contributed by atoms with Crippen LogP contribution in [0.5, 0.6) is 0 Å². The Labute approximate surface area is 139 Å². The predicted molar refractivity (Wildman–Crippen MR) is 99.4 cm³/mol. The van der Waals surface area contributed by atoms with E-state index in [-0.39, 0.29) is 0 Å². The molecular formula is C19H24N2S. The third kappa shape index (κ3) is 4.57. The highest BCUT2D eigenvalue weighted by atomic mass is 32.1. The van der Waals surface area contributed by atoms with Gasteiger partial charge in [0, 0.05) is 19.3 Å². The summed E-state index contributed by atoms with van der Waals surface area (Å²) in [6, 6.07) is 17.0. The minimum Gasteiger partial charge on any atom is -0.348 e. The molecular weight excluding hydrogens is 288 g/mol. The molecule has 0 aromatic heterocycles. The van der Waals surface area contributed by atoms with Gasteiger partial charge in [-0.15, -0.1) is 0 Å².